The van der Waals surface area contributed by atoms with Crippen molar-refractivity contribution in [3.05, 3.63) is 23.7 Å². The zero-order valence-electron chi connectivity index (χ0n) is 10.9. The zero-order chi connectivity index (χ0) is 12.8. The van der Waals surface area contributed by atoms with Gasteiger partial charge < -0.3 is 15.1 Å². The summed E-state index contributed by atoms with van der Waals surface area (Å²) in [6.07, 6.45) is 3.97. The summed E-state index contributed by atoms with van der Waals surface area (Å²) in [4.78, 5) is 13.6. The van der Waals surface area contributed by atoms with Crippen LogP contribution in [-0.4, -0.2) is 23.9 Å². The third kappa shape index (κ3) is 4.23. The summed E-state index contributed by atoms with van der Waals surface area (Å²) in [5.74, 6) is 0.953. The number of carbonyl (C=O) groups excluding carboxylic acids is 1. The molecule has 0 saturated carbocycles. The smallest absolute Gasteiger partial charge is 0.224 e. The second kappa shape index (κ2) is 6.45. The van der Waals surface area contributed by atoms with Crippen molar-refractivity contribution in [1.29, 1.82) is 0 Å². The average molecular weight is 238 g/mol. The molecule has 4 heteroatoms. The Morgan fingerprint density at radius 1 is 1.59 bits per heavy atom. The maximum absolute atomic E-state index is 11.9. The molecule has 0 spiro atoms. The van der Waals surface area contributed by atoms with Crippen LogP contribution in [0.15, 0.2) is 16.7 Å². The molecule has 1 aromatic heterocycles. The lowest BCUT2D eigenvalue weighted by atomic mass is 10.1. The van der Waals surface area contributed by atoms with Gasteiger partial charge in [-0.15, -0.1) is 0 Å². The molecule has 0 aromatic carbocycles. The second-order valence-corrected chi connectivity index (χ2v) is 4.50. The van der Waals surface area contributed by atoms with Gasteiger partial charge in [0, 0.05) is 31.6 Å². The number of nitrogens with zero attached hydrogens (tertiary/aromatic N) is 1. The number of aryl methyl sites for hydroxylation is 1. The maximum atomic E-state index is 11.9. The van der Waals surface area contributed by atoms with Gasteiger partial charge in [-0.2, -0.15) is 0 Å². The first-order valence-corrected chi connectivity index (χ1v) is 6.07. The summed E-state index contributed by atoms with van der Waals surface area (Å²) in [6.45, 7) is 4.55. The Morgan fingerprint density at radius 3 is 2.82 bits per heavy atom. The van der Waals surface area contributed by atoms with Gasteiger partial charge in [-0.25, -0.2) is 0 Å². The monoisotopic (exact) mass is 238 g/mol. The third-order valence-electron chi connectivity index (χ3n) is 2.90. The molecule has 96 valence electrons. The fourth-order valence-electron chi connectivity index (χ4n) is 1.77. The molecule has 2 N–H and O–H groups in total. The molecule has 0 aliphatic carbocycles. The van der Waals surface area contributed by atoms with E-state index in [4.69, 9.17) is 10.2 Å². The summed E-state index contributed by atoms with van der Waals surface area (Å²) in [6, 6.07) is 1.87. The van der Waals surface area contributed by atoms with Crippen molar-refractivity contribution in [3.63, 3.8) is 0 Å². The van der Waals surface area contributed by atoms with Crippen molar-refractivity contribution in [1.82, 2.24) is 4.90 Å². The Balaban J connectivity index is 2.45. The molecule has 0 saturated heterocycles. The van der Waals surface area contributed by atoms with E-state index in [-0.39, 0.29) is 11.9 Å². The van der Waals surface area contributed by atoms with Crippen LogP contribution in [0.3, 0.4) is 0 Å². The van der Waals surface area contributed by atoms with Crippen molar-refractivity contribution in [2.75, 3.05) is 7.05 Å². The molecule has 1 amide bonds. The van der Waals surface area contributed by atoms with Gasteiger partial charge in [0.1, 0.15) is 5.76 Å². The zero-order valence-corrected chi connectivity index (χ0v) is 10.9. The van der Waals surface area contributed by atoms with Crippen molar-refractivity contribution < 1.29 is 9.21 Å². The van der Waals surface area contributed by atoms with Crippen LogP contribution in [0.1, 0.15) is 37.5 Å². The minimum absolute atomic E-state index is 0.0274. The van der Waals surface area contributed by atoms with Gasteiger partial charge in [-0.3, -0.25) is 4.79 Å². The van der Waals surface area contributed by atoms with Crippen LogP contribution in [0, 0.1) is 6.92 Å². The number of furan rings is 1. The number of hydrogen-bond acceptors (Lipinski definition) is 3. The average Bonchev–Trinajstić information content (AvgIpc) is 2.64. The molecular weight excluding hydrogens is 216 g/mol. The molecule has 1 aromatic rings. The largest absolute Gasteiger partial charge is 0.469 e. The summed E-state index contributed by atoms with van der Waals surface area (Å²) in [5, 5.41) is 0. The third-order valence-corrected chi connectivity index (χ3v) is 2.90. The van der Waals surface area contributed by atoms with E-state index in [2.05, 4.69) is 6.92 Å². The van der Waals surface area contributed by atoms with E-state index >= 15 is 0 Å². The van der Waals surface area contributed by atoms with E-state index in [0.29, 0.717) is 13.0 Å². The van der Waals surface area contributed by atoms with E-state index < -0.39 is 0 Å². The number of hydrogen-bond donors (Lipinski definition) is 1. The van der Waals surface area contributed by atoms with Gasteiger partial charge in [-0.05, 0) is 19.4 Å². The molecule has 17 heavy (non-hydrogen) atoms. The predicted octanol–water partition coefficient (Wildman–Crippen LogP) is 2.06. The number of amides is 1. The molecule has 0 aliphatic rings. The topological polar surface area (TPSA) is 59.5 Å². The second-order valence-electron chi connectivity index (χ2n) is 4.50. The van der Waals surface area contributed by atoms with E-state index in [0.717, 1.165) is 24.2 Å². The number of carbonyl (C=O) groups is 1. The van der Waals surface area contributed by atoms with Gasteiger partial charge in [-0.1, -0.05) is 13.3 Å². The molecule has 4 nitrogen and oxygen atoms in total. The van der Waals surface area contributed by atoms with Crippen molar-refractivity contribution in [2.45, 2.75) is 45.7 Å². The fourth-order valence-corrected chi connectivity index (χ4v) is 1.77. The lowest BCUT2D eigenvalue weighted by Crippen LogP contribution is -2.32. The van der Waals surface area contributed by atoms with E-state index in [1.165, 1.54) is 0 Å². The molecule has 1 atom stereocenters. The molecule has 0 radical (unpaired) electrons. The highest BCUT2D eigenvalue weighted by atomic mass is 16.3. The van der Waals surface area contributed by atoms with E-state index in [1.807, 2.05) is 13.0 Å². The van der Waals surface area contributed by atoms with Crippen molar-refractivity contribution in [2.24, 2.45) is 5.73 Å². The quantitative estimate of drug-likeness (QED) is 0.825. The van der Waals surface area contributed by atoms with E-state index in [9.17, 15) is 4.79 Å². The highest BCUT2D eigenvalue weighted by molar-refractivity contribution is 5.76. The Labute approximate surface area is 103 Å². The van der Waals surface area contributed by atoms with Crippen molar-refractivity contribution in [3.8, 4) is 0 Å². The standard InChI is InChI=1S/C13H22N2O2/c1-4-5-12(14)8-13(16)15(3)9-11-6-7-17-10(11)2/h6-7,12H,4-5,8-9,14H2,1-3H3. The Bertz CT molecular complexity index is 360. The highest BCUT2D eigenvalue weighted by Crippen LogP contribution is 2.12. The molecule has 1 heterocycles. The van der Waals surface area contributed by atoms with Crippen LogP contribution < -0.4 is 5.73 Å². The lowest BCUT2D eigenvalue weighted by molar-refractivity contribution is -0.130. The van der Waals surface area contributed by atoms with Gasteiger partial charge in [0.15, 0.2) is 0 Å². The predicted molar refractivity (Wildman–Crippen MR) is 67.4 cm³/mol. The van der Waals surface area contributed by atoms with Gasteiger partial charge in [0.2, 0.25) is 5.91 Å². The van der Waals surface area contributed by atoms with Crippen molar-refractivity contribution >= 4 is 5.91 Å². The first-order chi connectivity index (χ1) is 8.04. The molecule has 0 bridgehead atoms. The van der Waals surface area contributed by atoms with Crippen LogP contribution in [0.5, 0.6) is 0 Å². The summed E-state index contributed by atoms with van der Waals surface area (Å²) < 4.78 is 5.20. The molecule has 0 fully saturated rings. The normalized spacial score (nSPS) is 12.5. The van der Waals surface area contributed by atoms with Crippen LogP contribution in [0.2, 0.25) is 0 Å². The molecule has 1 unspecified atom stereocenters. The Morgan fingerprint density at radius 2 is 2.29 bits per heavy atom. The van der Waals surface area contributed by atoms with Gasteiger partial charge >= 0.3 is 0 Å². The van der Waals surface area contributed by atoms with Crippen LogP contribution >= 0.6 is 0 Å². The summed E-state index contributed by atoms with van der Waals surface area (Å²) >= 11 is 0. The first-order valence-electron chi connectivity index (χ1n) is 6.07. The van der Waals surface area contributed by atoms with E-state index in [1.54, 1.807) is 18.2 Å². The summed E-state index contributed by atoms with van der Waals surface area (Å²) in [7, 11) is 1.80. The minimum atomic E-state index is -0.0274. The molecule has 0 aliphatic heterocycles. The molecule has 1 rings (SSSR count). The minimum Gasteiger partial charge on any atom is -0.469 e. The maximum Gasteiger partial charge on any atom is 0.224 e. The van der Waals surface area contributed by atoms with Crippen LogP contribution in [0.4, 0.5) is 0 Å². The highest BCUT2D eigenvalue weighted by Gasteiger charge is 2.14. The Kier molecular flexibility index (Phi) is 5.22. The fraction of sp³-hybridized carbons (Fsp3) is 0.615. The summed E-state index contributed by atoms with van der Waals surface area (Å²) in [5.41, 5.74) is 6.91. The van der Waals surface area contributed by atoms with Gasteiger partial charge in [0.05, 0.1) is 6.26 Å². The van der Waals surface area contributed by atoms with Crippen LogP contribution in [-0.2, 0) is 11.3 Å². The SMILES string of the molecule is CCCC(N)CC(=O)N(C)Cc1ccoc1C. The van der Waals surface area contributed by atoms with Crippen LogP contribution in [0.25, 0.3) is 0 Å². The number of rotatable bonds is 6. The first kappa shape index (κ1) is 13.8. The molecular formula is C13H22N2O2. The Hall–Kier alpha value is -1.29. The number of nitrogens with two attached hydrogens (primary N) is 1. The lowest BCUT2D eigenvalue weighted by Gasteiger charge is -2.19. The van der Waals surface area contributed by atoms with Gasteiger partial charge in [0.25, 0.3) is 0 Å².